The summed E-state index contributed by atoms with van der Waals surface area (Å²) in [4.78, 5) is 22.6. The van der Waals surface area contributed by atoms with Crippen molar-refractivity contribution in [1.82, 2.24) is 5.32 Å². The van der Waals surface area contributed by atoms with Gasteiger partial charge in [0.2, 0.25) is 5.91 Å². The van der Waals surface area contributed by atoms with Gasteiger partial charge >= 0.3 is 5.97 Å². The van der Waals surface area contributed by atoms with Gasteiger partial charge in [-0.05, 0) is 30.5 Å². The minimum atomic E-state index is -1.07. The lowest BCUT2D eigenvalue weighted by molar-refractivity contribution is -0.137. The molecule has 118 valence electrons. The highest BCUT2D eigenvalue weighted by molar-refractivity contribution is 6.00. The van der Waals surface area contributed by atoms with Crippen molar-refractivity contribution >= 4 is 17.4 Å². The van der Waals surface area contributed by atoms with Crippen LogP contribution in [0.2, 0.25) is 0 Å². The van der Waals surface area contributed by atoms with E-state index < -0.39 is 18.4 Å². The Morgan fingerprint density at radius 1 is 0.913 bits per heavy atom. The van der Waals surface area contributed by atoms with Crippen molar-refractivity contribution in [2.75, 3.05) is 6.54 Å². The molecular weight excluding hydrogens is 290 g/mol. The van der Waals surface area contributed by atoms with Crippen LogP contribution in [0.4, 0.5) is 0 Å². The van der Waals surface area contributed by atoms with Gasteiger partial charge in [0, 0.05) is 6.08 Å². The highest BCUT2D eigenvalue weighted by Gasteiger charge is 2.09. The van der Waals surface area contributed by atoms with Crippen molar-refractivity contribution in [3.8, 4) is 0 Å². The van der Waals surface area contributed by atoms with Gasteiger partial charge in [0.1, 0.15) is 6.54 Å². The lowest BCUT2D eigenvalue weighted by Crippen LogP contribution is -2.27. The molecule has 2 aromatic carbocycles. The van der Waals surface area contributed by atoms with Crippen molar-refractivity contribution in [2.45, 2.75) is 13.8 Å². The number of carbonyl (C=O) groups is 2. The van der Waals surface area contributed by atoms with Gasteiger partial charge in [0.05, 0.1) is 0 Å². The molecule has 2 rings (SSSR count). The summed E-state index contributed by atoms with van der Waals surface area (Å²) in [5.74, 6) is -1.50. The van der Waals surface area contributed by atoms with Crippen LogP contribution >= 0.6 is 0 Å². The average molecular weight is 309 g/mol. The summed E-state index contributed by atoms with van der Waals surface area (Å²) in [5, 5.41) is 11.0. The molecule has 0 saturated carbocycles. The Morgan fingerprint density at radius 3 is 1.74 bits per heavy atom. The second kappa shape index (κ2) is 7.40. The van der Waals surface area contributed by atoms with Crippen LogP contribution in [0.3, 0.4) is 0 Å². The molecule has 0 radical (unpaired) electrons. The third-order valence-corrected chi connectivity index (χ3v) is 3.41. The number of nitrogens with one attached hydrogen (secondary N) is 1. The summed E-state index contributed by atoms with van der Waals surface area (Å²) < 4.78 is 0. The zero-order valence-corrected chi connectivity index (χ0v) is 13.2. The molecule has 4 nitrogen and oxygen atoms in total. The van der Waals surface area contributed by atoms with Crippen molar-refractivity contribution in [3.05, 3.63) is 76.9 Å². The lowest BCUT2D eigenvalue weighted by Gasteiger charge is -2.10. The molecule has 0 aliphatic heterocycles. The Kier molecular flexibility index (Phi) is 5.31. The molecule has 0 aliphatic rings. The standard InChI is InChI=1S/C19H19NO3/c1-13-3-7-15(8-4-13)17(11-18(21)20-12-19(22)23)16-9-5-14(2)6-10-16/h3-11H,12H2,1-2H3,(H,20,21)(H,22,23). The van der Waals surface area contributed by atoms with E-state index in [2.05, 4.69) is 5.32 Å². The van der Waals surface area contributed by atoms with Crippen LogP contribution in [0.1, 0.15) is 22.3 Å². The lowest BCUT2D eigenvalue weighted by atomic mass is 9.96. The number of benzene rings is 2. The van der Waals surface area contributed by atoms with Crippen LogP contribution in [0.25, 0.3) is 5.57 Å². The van der Waals surface area contributed by atoms with E-state index in [4.69, 9.17) is 5.11 Å². The molecule has 1 amide bonds. The highest BCUT2D eigenvalue weighted by atomic mass is 16.4. The maximum Gasteiger partial charge on any atom is 0.322 e. The van der Waals surface area contributed by atoms with Gasteiger partial charge in [-0.2, -0.15) is 0 Å². The van der Waals surface area contributed by atoms with Crippen LogP contribution in [-0.2, 0) is 9.59 Å². The summed E-state index contributed by atoms with van der Waals surface area (Å²) in [5.41, 5.74) is 4.84. The first-order chi connectivity index (χ1) is 11.0. The van der Waals surface area contributed by atoms with E-state index in [1.807, 2.05) is 62.4 Å². The molecule has 0 fully saturated rings. The molecule has 0 heterocycles. The van der Waals surface area contributed by atoms with E-state index in [1.165, 1.54) is 6.08 Å². The minimum absolute atomic E-state index is 0.398. The number of hydrogen-bond donors (Lipinski definition) is 2. The Hall–Kier alpha value is -2.88. The Labute approximate surface area is 135 Å². The molecule has 2 aromatic rings. The Bertz CT molecular complexity index is 681. The van der Waals surface area contributed by atoms with Crippen molar-refractivity contribution in [2.24, 2.45) is 0 Å². The van der Waals surface area contributed by atoms with E-state index in [0.717, 1.165) is 27.8 Å². The predicted octanol–water partition coefficient (Wildman–Crippen LogP) is 2.94. The summed E-state index contributed by atoms with van der Waals surface area (Å²) in [6.07, 6.45) is 1.44. The fourth-order valence-corrected chi connectivity index (χ4v) is 2.14. The van der Waals surface area contributed by atoms with Gasteiger partial charge in [-0.1, -0.05) is 59.7 Å². The normalized spacial score (nSPS) is 10.0. The quantitative estimate of drug-likeness (QED) is 0.835. The van der Waals surface area contributed by atoms with Crippen LogP contribution in [-0.4, -0.2) is 23.5 Å². The Balaban J connectivity index is 2.38. The largest absolute Gasteiger partial charge is 0.480 e. The summed E-state index contributed by atoms with van der Waals surface area (Å²) >= 11 is 0. The molecule has 0 spiro atoms. The van der Waals surface area contributed by atoms with E-state index in [9.17, 15) is 9.59 Å². The first kappa shape index (κ1) is 16.5. The molecule has 2 N–H and O–H groups in total. The van der Waals surface area contributed by atoms with Crippen LogP contribution < -0.4 is 5.32 Å². The number of hydrogen-bond acceptors (Lipinski definition) is 2. The number of aliphatic carboxylic acids is 1. The summed E-state index contributed by atoms with van der Waals surface area (Å²) in [6, 6.07) is 15.7. The van der Waals surface area contributed by atoms with E-state index in [-0.39, 0.29) is 0 Å². The topological polar surface area (TPSA) is 66.4 Å². The third kappa shape index (κ3) is 4.81. The number of amides is 1. The molecular formula is C19H19NO3. The van der Waals surface area contributed by atoms with Gasteiger partial charge in [-0.3, -0.25) is 9.59 Å². The molecule has 0 bridgehead atoms. The predicted molar refractivity (Wildman–Crippen MR) is 90.1 cm³/mol. The Morgan fingerprint density at radius 2 is 1.35 bits per heavy atom. The van der Waals surface area contributed by atoms with Gasteiger partial charge in [-0.15, -0.1) is 0 Å². The van der Waals surface area contributed by atoms with Gasteiger partial charge < -0.3 is 10.4 Å². The van der Waals surface area contributed by atoms with Crippen LogP contribution in [0.5, 0.6) is 0 Å². The van der Waals surface area contributed by atoms with E-state index in [1.54, 1.807) is 0 Å². The SMILES string of the molecule is Cc1ccc(C(=CC(=O)NCC(=O)O)c2ccc(C)cc2)cc1. The van der Waals surface area contributed by atoms with Crippen molar-refractivity contribution < 1.29 is 14.7 Å². The zero-order valence-electron chi connectivity index (χ0n) is 13.2. The summed E-state index contributed by atoms with van der Waals surface area (Å²) in [6.45, 7) is 3.60. The molecule has 0 aliphatic carbocycles. The summed E-state index contributed by atoms with van der Waals surface area (Å²) in [7, 11) is 0. The first-order valence-corrected chi connectivity index (χ1v) is 7.31. The maximum absolute atomic E-state index is 12.0. The molecule has 0 aromatic heterocycles. The molecule has 0 saturated heterocycles. The second-order valence-corrected chi connectivity index (χ2v) is 5.40. The van der Waals surface area contributed by atoms with Crippen LogP contribution in [0, 0.1) is 13.8 Å². The molecule has 23 heavy (non-hydrogen) atoms. The number of carbonyl (C=O) groups excluding carboxylic acids is 1. The smallest absolute Gasteiger partial charge is 0.322 e. The monoisotopic (exact) mass is 309 g/mol. The number of rotatable bonds is 5. The van der Waals surface area contributed by atoms with E-state index >= 15 is 0 Å². The zero-order chi connectivity index (χ0) is 16.8. The minimum Gasteiger partial charge on any atom is -0.480 e. The number of carboxylic acid groups (broad SMARTS) is 1. The fraction of sp³-hybridized carbons (Fsp3) is 0.158. The molecule has 0 unspecified atom stereocenters. The van der Waals surface area contributed by atoms with Crippen molar-refractivity contribution in [3.63, 3.8) is 0 Å². The van der Waals surface area contributed by atoms with Crippen LogP contribution in [0.15, 0.2) is 54.6 Å². The molecule has 4 heteroatoms. The van der Waals surface area contributed by atoms with Gasteiger partial charge in [0.15, 0.2) is 0 Å². The number of carboxylic acids is 1. The third-order valence-electron chi connectivity index (χ3n) is 3.41. The molecule has 0 atom stereocenters. The maximum atomic E-state index is 12.0. The average Bonchev–Trinajstić information content (AvgIpc) is 2.52. The van der Waals surface area contributed by atoms with Gasteiger partial charge in [0.25, 0.3) is 0 Å². The second-order valence-electron chi connectivity index (χ2n) is 5.40. The highest BCUT2D eigenvalue weighted by Crippen LogP contribution is 2.24. The first-order valence-electron chi connectivity index (χ1n) is 7.31. The fourth-order valence-electron chi connectivity index (χ4n) is 2.14. The van der Waals surface area contributed by atoms with Gasteiger partial charge in [-0.25, -0.2) is 0 Å². The van der Waals surface area contributed by atoms with E-state index in [0.29, 0.717) is 0 Å². The number of aryl methyl sites for hydroxylation is 2. The van der Waals surface area contributed by atoms with Crippen molar-refractivity contribution in [1.29, 1.82) is 0 Å².